The van der Waals surface area contributed by atoms with E-state index in [0.29, 0.717) is 10.0 Å². The molecular weight excluding hydrogens is 347 g/mol. The summed E-state index contributed by atoms with van der Waals surface area (Å²) in [6.07, 6.45) is 9.74. The van der Waals surface area contributed by atoms with Crippen LogP contribution in [-0.2, 0) is 6.54 Å². The van der Waals surface area contributed by atoms with Crippen molar-refractivity contribution in [2.45, 2.75) is 16.3 Å². The summed E-state index contributed by atoms with van der Waals surface area (Å²) in [4.78, 5) is 6.16. The summed E-state index contributed by atoms with van der Waals surface area (Å²) >= 11 is 13.7. The first-order valence-electron chi connectivity index (χ1n) is 7.06. The SMILES string of the molecule is Clc1ccc(Sc2ccc(C=CCn3ccnc3)cc2)c(Cl)c1. The van der Waals surface area contributed by atoms with Crippen LogP contribution in [0.4, 0.5) is 0 Å². The first-order chi connectivity index (χ1) is 11.2. The van der Waals surface area contributed by atoms with E-state index in [-0.39, 0.29) is 0 Å². The van der Waals surface area contributed by atoms with Crippen molar-refractivity contribution < 1.29 is 0 Å². The fraction of sp³-hybridized carbons (Fsp3) is 0.0556. The van der Waals surface area contributed by atoms with E-state index in [9.17, 15) is 0 Å². The van der Waals surface area contributed by atoms with E-state index in [1.54, 1.807) is 30.4 Å². The second-order valence-corrected chi connectivity index (χ2v) is 6.87. The van der Waals surface area contributed by atoms with E-state index in [2.05, 4.69) is 41.4 Å². The van der Waals surface area contributed by atoms with Crippen molar-refractivity contribution in [1.82, 2.24) is 9.55 Å². The number of rotatable bonds is 5. The lowest BCUT2D eigenvalue weighted by atomic mass is 10.2. The molecule has 2 nitrogen and oxygen atoms in total. The quantitative estimate of drug-likeness (QED) is 0.550. The van der Waals surface area contributed by atoms with Crippen LogP contribution in [0.15, 0.2) is 77.1 Å². The predicted octanol–water partition coefficient (Wildman–Crippen LogP) is 6.05. The molecule has 0 unspecified atom stereocenters. The zero-order valence-electron chi connectivity index (χ0n) is 12.2. The van der Waals surface area contributed by atoms with Gasteiger partial charge >= 0.3 is 0 Å². The van der Waals surface area contributed by atoms with Crippen LogP contribution in [0.3, 0.4) is 0 Å². The van der Waals surface area contributed by atoms with E-state index < -0.39 is 0 Å². The second kappa shape index (κ2) is 7.73. The zero-order chi connectivity index (χ0) is 16.1. The largest absolute Gasteiger partial charge is 0.334 e. The fourth-order valence-corrected chi connectivity index (χ4v) is 3.38. The van der Waals surface area contributed by atoms with Gasteiger partial charge in [0, 0.05) is 33.8 Å². The molecular formula is C18H14Cl2N2S. The van der Waals surface area contributed by atoms with Gasteiger partial charge in [-0.2, -0.15) is 0 Å². The average molecular weight is 361 g/mol. The highest BCUT2D eigenvalue weighted by atomic mass is 35.5. The molecule has 23 heavy (non-hydrogen) atoms. The first-order valence-corrected chi connectivity index (χ1v) is 8.63. The lowest BCUT2D eigenvalue weighted by Crippen LogP contribution is -1.89. The highest BCUT2D eigenvalue weighted by molar-refractivity contribution is 7.99. The van der Waals surface area contributed by atoms with Crippen molar-refractivity contribution in [1.29, 1.82) is 0 Å². The number of imidazole rings is 1. The normalized spacial score (nSPS) is 11.2. The molecule has 1 aromatic heterocycles. The summed E-state index contributed by atoms with van der Waals surface area (Å²) in [7, 11) is 0. The molecule has 0 amide bonds. The van der Waals surface area contributed by atoms with Crippen molar-refractivity contribution in [3.05, 3.63) is 82.9 Å². The van der Waals surface area contributed by atoms with Crippen molar-refractivity contribution in [3.8, 4) is 0 Å². The predicted molar refractivity (Wildman–Crippen MR) is 98.3 cm³/mol. The summed E-state index contributed by atoms with van der Waals surface area (Å²) in [6, 6.07) is 13.9. The third-order valence-corrected chi connectivity index (χ3v) is 4.93. The van der Waals surface area contributed by atoms with Gasteiger partial charge in [0.05, 0.1) is 11.3 Å². The van der Waals surface area contributed by atoms with Gasteiger partial charge in [-0.1, -0.05) is 59.2 Å². The molecule has 1 heterocycles. The van der Waals surface area contributed by atoms with Crippen LogP contribution in [-0.4, -0.2) is 9.55 Å². The Kier molecular flexibility index (Phi) is 5.44. The second-order valence-electron chi connectivity index (χ2n) is 4.91. The summed E-state index contributed by atoms with van der Waals surface area (Å²) in [5, 5.41) is 1.32. The number of nitrogens with zero attached hydrogens (tertiary/aromatic N) is 2. The fourth-order valence-electron chi connectivity index (χ4n) is 2.04. The number of hydrogen-bond acceptors (Lipinski definition) is 2. The summed E-state index contributed by atoms with van der Waals surface area (Å²) in [5.41, 5.74) is 1.16. The Morgan fingerprint density at radius 1 is 1.09 bits per heavy atom. The van der Waals surface area contributed by atoms with Crippen LogP contribution < -0.4 is 0 Å². The van der Waals surface area contributed by atoms with E-state index >= 15 is 0 Å². The lowest BCUT2D eigenvalue weighted by molar-refractivity contribution is 0.823. The lowest BCUT2D eigenvalue weighted by Gasteiger charge is -2.05. The van der Waals surface area contributed by atoms with Gasteiger partial charge in [0.15, 0.2) is 0 Å². The molecule has 0 aliphatic rings. The Bertz CT molecular complexity index is 796. The maximum atomic E-state index is 6.20. The monoisotopic (exact) mass is 360 g/mol. The molecule has 0 bridgehead atoms. The van der Waals surface area contributed by atoms with Gasteiger partial charge < -0.3 is 4.57 Å². The molecule has 0 aliphatic heterocycles. The zero-order valence-corrected chi connectivity index (χ0v) is 14.5. The molecule has 2 aromatic carbocycles. The van der Waals surface area contributed by atoms with Crippen LogP contribution in [0, 0.1) is 0 Å². The van der Waals surface area contributed by atoms with E-state index in [0.717, 1.165) is 21.9 Å². The van der Waals surface area contributed by atoms with Crippen LogP contribution in [0.2, 0.25) is 10.0 Å². The third-order valence-electron chi connectivity index (χ3n) is 3.19. The molecule has 0 saturated carbocycles. The minimum Gasteiger partial charge on any atom is -0.334 e. The molecule has 0 spiro atoms. The molecule has 0 radical (unpaired) electrons. The van der Waals surface area contributed by atoms with Crippen molar-refractivity contribution >= 4 is 41.0 Å². The van der Waals surface area contributed by atoms with Gasteiger partial charge in [0.25, 0.3) is 0 Å². The molecule has 0 N–H and O–H groups in total. The number of aromatic nitrogens is 2. The van der Waals surface area contributed by atoms with Crippen LogP contribution in [0.1, 0.15) is 5.56 Å². The smallest absolute Gasteiger partial charge is 0.0948 e. The van der Waals surface area contributed by atoms with Crippen molar-refractivity contribution in [3.63, 3.8) is 0 Å². The van der Waals surface area contributed by atoms with Gasteiger partial charge in [-0.15, -0.1) is 0 Å². The molecule has 3 rings (SSSR count). The number of halogens is 2. The van der Waals surface area contributed by atoms with Crippen LogP contribution >= 0.6 is 35.0 Å². The Balaban J connectivity index is 1.63. The third kappa shape index (κ3) is 4.64. The minimum absolute atomic E-state index is 0.651. The summed E-state index contributed by atoms with van der Waals surface area (Å²) in [5.74, 6) is 0. The number of allylic oxidation sites excluding steroid dienone is 1. The Hall–Kier alpha value is -1.68. The van der Waals surface area contributed by atoms with Crippen LogP contribution in [0.5, 0.6) is 0 Å². The molecule has 0 aliphatic carbocycles. The molecule has 3 aromatic rings. The maximum Gasteiger partial charge on any atom is 0.0948 e. The molecule has 0 fully saturated rings. The van der Waals surface area contributed by atoms with Gasteiger partial charge in [-0.25, -0.2) is 4.98 Å². The Labute approximate surface area is 149 Å². The van der Waals surface area contributed by atoms with Crippen LogP contribution in [0.25, 0.3) is 6.08 Å². The van der Waals surface area contributed by atoms with Gasteiger partial charge in [0.2, 0.25) is 0 Å². The maximum absolute atomic E-state index is 6.20. The first kappa shape index (κ1) is 16.2. The molecule has 0 atom stereocenters. The van der Waals surface area contributed by atoms with Crippen molar-refractivity contribution in [2.75, 3.05) is 0 Å². The van der Waals surface area contributed by atoms with Gasteiger partial charge in [-0.3, -0.25) is 0 Å². The topological polar surface area (TPSA) is 17.8 Å². The Morgan fingerprint density at radius 3 is 2.61 bits per heavy atom. The number of benzene rings is 2. The summed E-state index contributed by atoms with van der Waals surface area (Å²) < 4.78 is 2.02. The van der Waals surface area contributed by atoms with E-state index in [1.165, 1.54) is 0 Å². The minimum atomic E-state index is 0.651. The molecule has 0 saturated heterocycles. The van der Waals surface area contributed by atoms with E-state index in [4.69, 9.17) is 23.2 Å². The van der Waals surface area contributed by atoms with Gasteiger partial charge in [-0.05, 0) is 35.9 Å². The molecule has 5 heteroatoms. The van der Waals surface area contributed by atoms with Crippen molar-refractivity contribution in [2.24, 2.45) is 0 Å². The standard InChI is InChI=1S/C18H14Cl2N2S/c19-15-5-8-18(17(20)12-15)23-16-6-3-14(4-7-16)2-1-10-22-11-9-21-13-22/h1-9,11-13H,10H2. The Morgan fingerprint density at radius 2 is 1.91 bits per heavy atom. The number of hydrogen-bond donors (Lipinski definition) is 0. The average Bonchev–Trinajstić information content (AvgIpc) is 3.05. The highest BCUT2D eigenvalue weighted by Crippen LogP contribution is 2.34. The highest BCUT2D eigenvalue weighted by Gasteiger charge is 2.03. The molecule has 116 valence electrons. The summed E-state index contributed by atoms with van der Waals surface area (Å²) in [6.45, 7) is 0.816. The van der Waals surface area contributed by atoms with E-state index in [1.807, 2.05) is 22.9 Å². The van der Waals surface area contributed by atoms with Gasteiger partial charge in [0.1, 0.15) is 0 Å².